The zero-order valence-electron chi connectivity index (χ0n) is 27.7. The molecule has 1 fully saturated rings. The van der Waals surface area contributed by atoms with Crippen LogP contribution in [-0.4, -0.2) is 37.0 Å². The molecule has 0 bridgehead atoms. The third-order valence-corrected chi connectivity index (χ3v) is 8.44. The summed E-state index contributed by atoms with van der Waals surface area (Å²) in [6.45, 7) is 4.12. The average molecular weight is 631 g/mol. The van der Waals surface area contributed by atoms with Gasteiger partial charge in [-0.05, 0) is 73.1 Å². The number of hydrogen-bond donors (Lipinski definition) is 2. The molecule has 0 unspecified atom stereocenters. The molecule has 9 nitrogen and oxygen atoms in total. The zero-order valence-corrected chi connectivity index (χ0v) is 28.7. The predicted molar refractivity (Wildman–Crippen MR) is 174 cm³/mol. The van der Waals surface area contributed by atoms with Crippen LogP contribution in [0.25, 0.3) is 28.2 Å². The van der Waals surface area contributed by atoms with Crippen LogP contribution >= 0.6 is 0 Å². The number of aliphatic hydroxyl groups excluding tert-OH is 1. The minimum atomic E-state index is -0.600. The summed E-state index contributed by atoms with van der Waals surface area (Å²) in [4.78, 5) is 33.4. The summed E-state index contributed by atoms with van der Waals surface area (Å²) >= 11 is 0. The molecule has 0 amide bonds. The monoisotopic (exact) mass is 630 g/mol. The summed E-state index contributed by atoms with van der Waals surface area (Å²) in [6.07, 6.45) is 5.76. The molecule has 234 valence electrons. The Morgan fingerprint density at radius 2 is 1.65 bits per heavy atom. The third kappa shape index (κ3) is 7.44. The van der Waals surface area contributed by atoms with E-state index in [0.29, 0.717) is 24.2 Å². The van der Waals surface area contributed by atoms with Gasteiger partial charge in [-0.3, -0.25) is 18.9 Å². The molecule has 0 radical (unpaired) electrons. The van der Waals surface area contributed by atoms with Crippen LogP contribution in [0.15, 0.2) is 86.9 Å². The van der Waals surface area contributed by atoms with Crippen LogP contribution in [-0.2, 0) is 19.3 Å². The molecular weight excluding hydrogens is 591 g/mol. The number of benzene rings is 3. The molecule has 2 aromatic heterocycles. The maximum absolute atomic E-state index is 14.2. The first-order valence-electron chi connectivity index (χ1n) is 15.8. The molecule has 1 saturated carbocycles. The number of nitrogens with one attached hydrogen (secondary N) is 1. The van der Waals surface area contributed by atoms with E-state index in [9.17, 15) is 14.7 Å². The van der Waals surface area contributed by atoms with Crippen molar-refractivity contribution in [2.24, 2.45) is 0 Å². The molecular formula is C36H39N4NaO5. The van der Waals surface area contributed by atoms with Crippen molar-refractivity contribution in [2.45, 2.75) is 77.4 Å². The van der Waals surface area contributed by atoms with Gasteiger partial charge in [-0.1, -0.05) is 74.0 Å². The van der Waals surface area contributed by atoms with Crippen molar-refractivity contribution in [3.8, 4) is 34.0 Å². The molecule has 10 heteroatoms. The molecule has 1 aliphatic carbocycles. The normalized spacial score (nSPS) is 16.2. The van der Waals surface area contributed by atoms with Crippen molar-refractivity contribution in [3.05, 3.63) is 116 Å². The Morgan fingerprint density at radius 3 is 2.28 bits per heavy atom. The van der Waals surface area contributed by atoms with Crippen molar-refractivity contribution in [1.82, 2.24) is 19.7 Å². The first kappa shape index (κ1) is 33.6. The van der Waals surface area contributed by atoms with Gasteiger partial charge in [-0.15, -0.1) is 0 Å². The van der Waals surface area contributed by atoms with Gasteiger partial charge < -0.3 is 11.3 Å². The number of rotatable bonds is 10. The Balaban J connectivity index is 0.00000250. The van der Waals surface area contributed by atoms with Gasteiger partial charge in [0.05, 0.1) is 23.6 Å². The van der Waals surface area contributed by atoms with E-state index in [1.807, 2.05) is 79.7 Å². The summed E-state index contributed by atoms with van der Waals surface area (Å²) in [5.41, 5.74) is 5.88. The van der Waals surface area contributed by atoms with Gasteiger partial charge in [-0.2, -0.15) is 0 Å². The molecule has 0 spiro atoms. The SMILES string of the molecule is CCCc1nc(CC)n(-c2ccc(OC3CCC(O)CC3)cc2)c(=O)c1Cc1ccc(-c2ccccc2-c2noc(=O)[nH]2)cc1.[H-].[Na+]. The third-order valence-electron chi connectivity index (χ3n) is 8.44. The molecule has 1 aliphatic rings. The number of nitrogens with zero attached hydrogens (tertiary/aromatic N) is 3. The van der Waals surface area contributed by atoms with Crippen LogP contribution in [0.5, 0.6) is 5.75 Å². The first-order valence-corrected chi connectivity index (χ1v) is 15.8. The zero-order chi connectivity index (χ0) is 31.3. The van der Waals surface area contributed by atoms with Crippen LogP contribution in [0.3, 0.4) is 0 Å². The fourth-order valence-corrected chi connectivity index (χ4v) is 6.10. The van der Waals surface area contributed by atoms with Gasteiger partial charge in [0.15, 0.2) is 5.82 Å². The van der Waals surface area contributed by atoms with Crippen molar-refractivity contribution in [3.63, 3.8) is 0 Å². The molecule has 0 aliphatic heterocycles. The van der Waals surface area contributed by atoms with Crippen LogP contribution in [0, 0.1) is 0 Å². The van der Waals surface area contributed by atoms with Gasteiger partial charge in [0, 0.05) is 24.0 Å². The fraction of sp³-hybridized carbons (Fsp3) is 0.333. The molecule has 0 atom stereocenters. The van der Waals surface area contributed by atoms with Gasteiger partial charge in [-0.25, -0.2) is 9.78 Å². The minimum Gasteiger partial charge on any atom is -1.00 e. The van der Waals surface area contributed by atoms with Crippen molar-refractivity contribution < 1.29 is 45.4 Å². The number of aromatic amines is 1. The van der Waals surface area contributed by atoms with E-state index >= 15 is 0 Å². The fourth-order valence-electron chi connectivity index (χ4n) is 6.10. The topological polar surface area (TPSA) is 123 Å². The number of H-pyrrole nitrogens is 1. The van der Waals surface area contributed by atoms with Crippen molar-refractivity contribution in [2.75, 3.05) is 0 Å². The van der Waals surface area contributed by atoms with E-state index in [4.69, 9.17) is 14.2 Å². The molecule has 5 aromatic rings. The molecule has 46 heavy (non-hydrogen) atoms. The standard InChI is InChI=1S/C36H38N4O5.Na.H/c1-3-7-32-31(22-23-10-12-24(13-11-23)29-8-5-6-9-30(29)34-38-36(43)45-39-34)35(42)40(33(4-2)37-32)25-14-18-27(19-15-25)44-28-20-16-26(41)17-21-28;;/h5-6,8-15,18-19,26,28,41H,3-4,7,16-17,20-22H2,1-2H3,(H,38,39,43);;/q;+1;-1. The van der Waals surface area contributed by atoms with Crippen LogP contribution < -0.4 is 45.6 Å². The van der Waals surface area contributed by atoms with Crippen LogP contribution in [0.1, 0.15) is 70.0 Å². The summed E-state index contributed by atoms with van der Waals surface area (Å²) in [7, 11) is 0. The second-order valence-corrected chi connectivity index (χ2v) is 11.6. The van der Waals surface area contributed by atoms with Gasteiger partial charge in [0.25, 0.3) is 5.56 Å². The molecule has 3 aromatic carbocycles. The quantitative estimate of drug-likeness (QED) is 0.227. The second kappa shape index (κ2) is 15.2. The molecule has 2 heterocycles. The van der Waals surface area contributed by atoms with E-state index in [2.05, 4.69) is 17.1 Å². The Morgan fingerprint density at radius 1 is 0.957 bits per heavy atom. The second-order valence-electron chi connectivity index (χ2n) is 11.6. The largest absolute Gasteiger partial charge is 1.00 e. The van der Waals surface area contributed by atoms with E-state index in [1.165, 1.54) is 0 Å². The summed E-state index contributed by atoms with van der Waals surface area (Å²) < 4.78 is 12.6. The Kier molecular flexibility index (Phi) is 11.1. The molecule has 6 rings (SSSR count). The average Bonchev–Trinajstić information content (AvgIpc) is 3.50. The maximum atomic E-state index is 14.2. The van der Waals surface area contributed by atoms with Gasteiger partial charge >= 0.3 is 35.3 Å². The molecule has 2 N–H and O–H groups in total. The first-order chi connectivity index (χ1) is 21.9. The maximum Gasteiger partial charge on any atom is 1.00 e. The molecule has 0 saturated heterocycles. The Bertz CT molecular complexity index is 1880. The van der Waals surface area contributed by atoms with E-state index in [0.717, 1.165) is 83.7 Å². The Labute approximate surface area is 291 Å². The van der Waals surface area contributed by atoms with Crippen molar-refractivity contribution in [1.29, 1.82) is 0 Å². The smallest absolute Gasteiger partial charge is 1.00 e. The number of hydrogen-bond acceptors (Lipinski definition) is 7. The number of aliphatic hydroxyl groups is 1. The summed E-state index contributed by atoms with van der Waals surface area (Å²) in [6, 6.07) is 23.4. The van der Waals surface area contributed by atoms with E-state index < -0.39 is 5.76 Å². The van der Waals surface area contributed by atoms with E-state index in [1.54, 1.807) is 4.57 Å². The predicted octanol–water partition coefficient (Wildman–Crippen LogP) is 3.15. The summed E-state index contributed by atoms with van der Waals surface area (Å²) in [5, 5.41) is 13.7. The Hall–Kier alpha value is -3.76. The van der Waals surface area contributed by atoms with Crippen LogP contribution in [0.2, 0.25) is 0 Å². The number of aryl methyl sites for hydroxylation is 2. The summed E-state index contributed by atoms with van der Waals surface area (Å²) in [5.74, 6) is 1.27. The van der Waals surface area contributed by atoms with Crippen LogP contribution in [0.4, 0.5) is 0 Å². The van der Waals surface area contributed by atoms with Gasteiger partial charge in [0.2, 0.25) is 0 Å². The minimum absolute atomic E-state index is 0. The van der Waals surface area contributed by atoms with E-state index in [-0.39, 0.29) is 48.8 Å². The van der Waals surface area contributed by atoms with Crippen molar-refractivity contribution >= 4 is 0 Å². The van der Waals surface area contributed by atoms with Gasteiger partial charge in [0.1, 0.15) is 11.6 Å². The number of aromatic nitrogens is 4. The number of ether oxygens (including phenoxy) is 1.